The number of hydrogen-bond donors (Lipinski definition) is 2. The van der Waals surface area contributed by atoms with E-state index in [4.69, 9.17) is 11.5 Å². The Morgan fingerprint density at radius 2 is 2.27 bits per heavy atom. The summed E-state index contributed by atoms with van der Waals surface area (Å²) in [6.45, 7) is 2.73. The largest absolute Gasteiger partial charge is 0.397 e. The van der Waals surface area contributed by atoms with Gasteiger partial charge in [-0.05, 0) is 30.5 Å². The van der Waals surface area contributed by atoms with Crippen molar-refractivity contribution in [2.45, 2.75) is 13.3 Å². The first-order valence-electron chi connectivity index (χ1n) is 5.03. The highest BCUT2D eigenvalue weighted by molar-refractivity contribution is 5.99. The Labute approximate surface area is 88.9 Å². The van der Waals surface area contributed by atoms with Crippen LogP contribution in [0.4, 0.5) is 11.4 Å². The molecule has 80 valence electrons. The fourth-order valence-corrected chi connectivity index (χ4v) is 2.11. The second-order valence-corrected chi connectivity index (χ2v) is 3.86. The maximum Gasteiger partial charge on any atom is 0.240 e. The molecule has 1 aliphatic rings. The van der Waals surface area contributed by atoms with E-state index in [0.29, 0.717) is 12.2 Å². The smallest absolute Gasteiger partial charge is 0.240 e. The van der Waals surface area contributed by atoms with Crippen molar-refractivity contribution in [3.05, 3.63) is 23.3 Å². The number of anilines is 2. The van der Waals surface area contributed by atoms with Crippen molar-refractivity contribution >= 4 is 17.3 Å². The maximum atomic E-state index is 11.6. The zero-order valence-electron chi connectivity index (χ0n) is 8.79. The number of hydrogen-bond acceptors (Lipinski definition) is 3. The van der Waals surface area contributed by atoms with Gasteiger partial charge < -0.3 is 16.4 Å². The van der Waals surface area contributed by atoms with Crippen molar-refractivity contribution in [3.63, 3.8) is 0 Å². The van der Waals surface area contributed by atoms with Gasteiger partial charge in [0.15, 0.2) is 0 Å². The lowest BCUT2D eigenvalue weighted by atomic mass is 10.1. The van der Waals surface area contributed by atoms with Crippen LogP contribution < -0.4 is 16.4 Å². The molecule has 0 bridgehead atoms. The van der Waals surface area contributed by atoms with Gasteiger partial charge in [0.2, 0.25) is 5.91 Å². The average molecular weight is 205 g/mol. The fraction of sp³-hybridized carbons (Fsp3) is 0.364. The van der Waals surface area contributed by atoms with Crippen molar-refractivity contribution in [1.82, 2.24) is 0 Å². The van der Waals surface area contributed by atoms with Crippen molar-refractivity contribution < 1.29 is 4.79 Å². The van der Waals surface area contributed by atoms with Gasteiger partial charge in [-0.3, -0.25) is 4.79 Å². The monoisotopic (exact) mass is 205 g/mol. The van der Waals surface area contributed by atoms with E-state index in [9.17, 15) is 4.79 Å². The summed E-state index contributed by atoms with van der Waals surface area (Å²) in [4.78, 5) is 13.2. The van der Waals surface area contributed by atoms with Gasteiger partial charge in [-0.15, -0.1) is 0 Å². The van der Waals surface area contributed by atoms with Crippen molar-refractivity contribution in [1.29, 1.82) is 0 Å². The lowest BCUT2D eigenvalue weighted by molar-refractivity contribution is -0.117. The summed E-state index contributed by atoms with van der Waals surface area (Å²) in [5, 5.41) is 0. The van der Waals surface area contributed by atoms with Crippen LogP contribution >= 0.6 is 0 Å². The number of nitrogens with two attached hydrogens (primary N) is 2. The summed E-state index contributed by atoms with van der Waals surface area (Å²) in [7, 11) is 0. The van der Waals surface area contributed by atoms with Gasteiger partial charge in [0.25, 0.3) is 0 Å². The minimum Gasteiger partial charge on any atom is -0.397 e. The van der Waals surface area contributed by atoms with Gasteiger partial charge >= 0.3 is 0 Å². The van der Waals surface area contributed by atoms with E-state index in [0.717, 1.165) is 23.2 Å². The molecule has 0 aliphatic carbocycles. The minimum atomic E-state index is -0.0655. The Bertz CT molecular complexity index is 415. The van der Waals surface area contributed by atoms with Crippen molar-refractivity contribution in [2.24, 2.45) is 5.73 Å². The number of nitrogens with zero attached hydrogens (tertiary/aromatic N) is 1. The topological polar surface area (TPSA) is 72.3 Å². The highest BCUT2D eigenvalue weighted by Gasteiger charge is 2.25. The minimum absolute atomic E-state index is 0.0345. The van der Waals surface area contributed by atoms with Crippen LogP contribution in [0.15, 0.2) is 12.1 Å². The molecule has 0 spiro atoms. The molecule has 15 heavy (non-hydrogen) atoms. The first-order valence-corrected chi connectivity index (χ1v) is 5.03. The molecule has 0 radical (unpaired) electrons. The van der Waals surface area contributed by atoms with E-state index in [1.54, 1.807) is 4.90 Å². The summed E-state index contributed by atoms with van der Waals surface area (Å²) >= 11 is 0. The Balaban J connectivity index is 2.46. The van der Waals surface area contributed by atoms with Crippen LogP contribution in [0.5, 0.6) is 0 Å². The van der Waals surface area contributed by atoms with E-state index in [1.165, 1.54) is 0 Å². The van der Waals surface area contributed by atoms with Crippen LogP contribution in [-0.4, -0.2) is 19.0 Å². The third-order valence-corrected chi connectivity index (χ3v) is 2.71. The molecule has 1 aromatic rings. The van der Waals surface area contributed by atoms with E-state index in [1.807, 2.05) is 13.0 Å². The highest BCUT2D eigenvalue weighted by atomic mass is 16.2. The standard InChI is InChI=1S/C11H15N3O/c1-7-4-8-2-3-14(10(15)6-12)11(8)9(13)5-7/h4-5H,2-3,6,12-13H2,1H3. The van der Waals surface area contributed by atoms with Gasteiger partial charge in [-0.25, -0.2) is 0 Å². The molecule has 4 nitrogen and oxygen atoms in total. The molecule has 0 aromatic heterocycles. The van der Waals surface area contributed by atoms with Crippen LogP contribution in [0.2, 0.25) is 0 Å². The van der Waals surface area contributed by atoms with Crippen LogP contribution in [0, 0.1) is 6.92 Å². The number of amides is 1. The lowest BCUT2D eigenvalue weighted by Gasteiger charge is -2.18. The third-order valence-electron chi connectivity index (χ3n) is 2.71. The molecule has 1 aliphatic heterocycles. The van der Waals surface area contributed by atoms with Crippen LogP contribution in [0.3, 0.4) is 0 Å². The van der Waals surface area contributed by atoms with E-state index in [2.05, 4.69) is 6.07 Å². The second kappa shape index (κ2) is 3.55. The molecule has 0 saturated carbocycles. The number of benzene rings is 1. The molecule has 1 amide bonds. The average Bonchev–Trinajstić information content (AvgIpc) is 2.60. The molecule has 4 N–H and O–H groups in total. The summed E-state index contributed by atoms with van der Waals surface area (Å²) in [5.41, 5.74) is 15.1. The summed E-state index contributed by atoms with van der Waals surface area (Å²) in [6, 6.07) is 3.97. The molecule has 0 fully saturated rings. The van der Waals surface area contributed by atoms with Gasteiger partial charge in [0.05, 0.1) is 17.9 Å². The maximum absolute atomic E-state index is 11.6. The lowest BCUT2D eigenvalue weighted by Crippen LogP contribution is -2.34. The summed E-state index contributed by atoms with van der Waals surface area (Å²) in [5.74, 6) is -0.0655. The first kappa shape index (κ1) is 9.98. The van der Waals surface area contributed by atoms with Gasteiger partial charge in [-0.2, -0.15) is 0 Å². The van der Waals surface area contributed by atoms with Crippen LogP contribution in [-0.2, 0) is 11.2 Å². The molecule has 1 aromatic carbocycles. The number of nitrogen functional groups attached to an aromatic ring is 1. The van der Waals surface area contributed by atoms with Crippen molar-refractivity contribution in [2.75, 3.05) is 23.7 Å². The molecule has 2 rings (SSSR count). The number of aryl methyl sites for hydroxylation is 1. The SMILES string of the molecule is Cc1cc(N)c2c(c1)CCN2C(=O)CN. The van der Waals surface area contributed by atoms with Gasteiger partial charge in [0.1, 0.15) is 0 Å². The van der Waals surface area contributed by atoms with Gasteiger partial charge in [-0.1, -0.05) is 6.07 Å². The Kier molecular flexibility index (Phi) is 2.36. The van der Waals surface area contributed by atoms with Gasteiger partial charge in [0, 0.05) is 6.54 Å². The van der Waals surface area contributed by atoms with Crippen LogP contribution in [0.25, 0.3) is 0 Å². The highest BCUT2D eigenvalue weighted by Crippen LogP contribution is 2.34. The molecule has 0 saturated heterocycles. The molecule has 0 atom stereocenters. The van der Waals surface area contributed by atoms with E-state index < -0.39 is 0 Å². The van der Waals surface area contributed by atoms with Crippen molar-refractivity contribution in [3.8, 4) is 0 Å². The molecule has 0 unspecified atom stereocenters. The Morgan fingerprint density at radius 1 is 1.53 bits per heavy atom. The Morgan fingerprint density at radius 3 is 2.93 bits per heavy atom. The fourth-order valence-electron chi connectivity index (χ4n) is 2.11. The van der Waals surface area contributed by atoms with Crippen LogP contribution in [0.1, 0.15) is 11.1 Å². The zero-order valence-corrected chi connectivity index (χ0v) is 8.79. The summed E-state index contributed by atoms with van der Waals surface area (Å²) in [6.07, 6.45) is 0.868. The number of carbonyl (C=O) groups is 1. The molecular weight excluding hydrogens is 190 g/mol. The number of carbonyl (C=O) groups excluding carboxylic acids is 1. The molecule has 1 heterocycles. The number of rotatable bonds is 1. The normalized spacial score (nSPS) is 14.1. The summed E-state index contributed by atoms with van der Waals surface area (Å²) < 4.78 is 0. The predicted octanol–water partition coefficient (Wildman–Crippen LogP) is 0.425. The third kappa shape index (κ3) is 1.57. The van der Waals surface area contributed by atoms with E-state index in [-0.39, 0.29) is 12.5 Å². The predicted molar refractivity (Wildman–Crippen MR) is 60.7 cm³/mol. The molecular formula is C11H15N3O. The zero-order chi connectivity index (χ0) is 11.0. The Hall–Kier alpha value is -1.55. The quantitative estimate of drug-likeness (QED) is 0.653. The number of fused-ring (bicyclic) bond motifs is 1. The first-order chi connectivity index (χ1) is 7.13. The van der Waals surface area contributed by atoms with E-state index >= 15 is 0 Å². The molecule has 4 heteroatoms. The second-order valence-electron chi connectivity index (χ2n) is 3.86.